The molecule has 0 saturated carbocycles. The van der Waals surface area contributed by atoms with Gasteiger partial charge in [0, 0.05) is 5.56 Å². The van der Waals surface area contributed by atoms with Gasteiger partial charge in [-0.3, -0.25) is 4.18 Å². The summed E-state index contributed by atoms with van der Waals surface area (Å²) < 4.78 is 47.2. The lowest BCUT2D eigenvalue weighted by Crippen LogP contribution is -2.62. The van der Waals surface area contributed by atoms with E-state index in [0.29, 0.717) is 0 Å². The Morgan fingerprint density at radius 3 is 2.38 bits per heavy atom. The summed E-state index contributed by atoms with van der Waals surface area (Å²) >= 11 is 0. The van der Waals surface area contributed by atoms with E-state index in [1.165, 1.54) is 12.1 Å². The fraction of sp³-hybridized carbons (Fsp3) is 0.400. The summed E-state index contributed by atoms with van der Waals surface area (Å²) in [5.41, 5.74) is 1.63. The van der Waals surface area contributed by atoms with E-state index in [1.54, 1.807) is 12.1 Å². The number of hydrogen-bond donors (Lipinski definition) is 2. The van der Waals surface area contributed by atoms with Crippen molar-refractivity contribution >= 4 is 10.1 Å². The molecule has 2 aliphatic heterocycles. The maximum atomic E-state index is 12.6. The molecule has 9 heteroatoms. The van der Waals surface area contributed by atoms with Gasteiger partial charge < -0.3 is 24.4 Å². The molecule has 2 aliphatic rings. The highest BCUT2D eigenvalue weighted by molar-refractivity contribution is 7.86. The first kappa shape index (κ1) is 20.4. The molecule has 2 aromatic carbocycles. The lowest BCUT2D eigenvalue weighted by molar-refractivity contribution is -0.351. The third-order valence-electron chi connectivity index (χ3n) is 4.95. The summed E-state index contributed by atoms with van der Waals surface area (Å²) in [4.78, 5) is -0.0836. The molecule has 6 atom stereocenters. The molecule has 2 fully saturated rings. The van der Waals surface area contributed by atoms with Gasteiger partial charge in [-0.2, -0.15) is 8.42 Å². The van der Waals surface area contributed by atoms with E-state index in [2.05, 4.69) is 0 Å². The normalized spacial score (nSPS) is 32.5. The molecule has 0 aromatic heterocycles. The molecule has 2 saturated heterocycles. The molecule has 29 heavy (non-hydrogen) atoms. The van der Waals surface area contributed by atoms with Gasteiger partial charge >= 0.3 is 0 Å². The maximum absolute atomic E-state index is 12.6. The second-order valence-corrected chi connectivity index (χ2v) is 8.63. The maximum Gasteiger partial charge on any atom is 0.297 e. The average molecular weight is 422 g/mol. The molecule has 0 radical (unpaired) electrons. The quantitative estimate of drug-likeness (QED) is 0.709. The number of aliphatic hydroxyl groups excluding tert-OH is 2. The summed E-state index contributed by atoms with van der Waals surface area (Å²) in [6, 6.07) is 15.2. The van der Waals surface area contributed by atoms with Crippen LogP contribution < -0.4 is 0 Å². The highest BCUT2D eigenvalue weighted by atomic mass is 32.2. The van der Waals surface area contributed by atoms with Crippen LogP contribution in [0.3, 0.4) is 0 Å². The van der Waals surface area contributed by atoms with Crippen molar-refractivity contribution in [3.8, 4) is 0 Å². The Morgan fingerprint density at radius 1 is 1.00 bits per heavy atom. The van der Waals surface area contributed by atoms with Crippen molar-refractivity contribution < 1.29 is 37.0 Å². The van der Waals surface area contributed by atoms with Gasteiger partial charge in [0.2, 0.25) is 0 Å². The lowest BCUT2D eigenvalue weighted by Gasteiger charge is -2.45. The molecule has 2 heterocycles. The van der Waals surface area contributed by atoms with Crippen LogP contribution in [-0.2, 0) is 28.5 Å². The van der Waals surface area contributed by atoms with Crippen LogP contribution in [0.15, 0.2) is 59.5 Å². The predicted molar refractivity (Wildman–Crippen MR) is 100 cm³/mol. The van der Waals surface area contributed by atoms with Gasteiger partial charge in [0.15, 0.2) is 18.7 Å². The Hall–Kier alpha value is -1.85. The molecule has 0 bridgehead atoms. The molecular weight excluding hydrogens is 400 g/mol. The molecule has 0 aliphatic carbocycles. The van der Waals surface area contributed by atoms with E-state index in [4.69, 9.17) is 18.4 Å². The molecule has 0 amide bonds. The second kappa shape index (κ2) is 8.11. The van der Waals surface area contributed by atoms with Crippen LogP contribution in [0, 0.1) is 6.92 Å². The van der Waals surface area contributed by atoms with E-state index in [1.807, 2.05) is 37.3 Å². The first-order chi connectivity index (χ1) is 13.8. The van der Waals surface area contributed by atoms with E-state index in [9.17, 15) is 18.6 Å². The summed E-state index contributed by atoms with van der Waals surface area (Å²) in [6.07, 6.45) is -7.10. The van der Waals surface area contributed by atoms with Crippen LogP contribution in [0.1, 0.15) is 17.4 Å². The van der Waals surface area contributed by atoms with Crippen molar-refractivity contribution in [2.24, 2.45) is 0 Å². The fourth-order valence-electron chi connectivity index (χ4n) is 3.37. The van der Waals surface area contributed by atoms with Crippen LogP contribution in [0.5, 0.6) is 0 Å². The Bertz CT molecular complexity index is 931. The van der Waals surface area contributed by atoms with Crippen molar-refractivity contribution in [3.63, 3.8) is 0 Å². The van der Waals surface area contributed by atoms with Crippen LogP contribution in [-0.4, -0.2) is 55.9 Å². The molecule has 0 spiro atoms. The van der Waals surface area contributed by atoms with Crippen molar-refractivity contribution in [1.82, 2.24) is 0 Å². The minimum atomic E-state index is -4.23. The molecule has 2 N–H and O–H groups in total. The van der Waals surface area contributed by atoms with Crippen LogP contribution in [0.2, 0.25) is 0 Å². The minimum absolute atomic E-state index is 0.0653. The highest BCUT2D eigenvalue weighted by Crippen LogP contribution is 2.35. The molecule has 2 aromatic rings. The number of hydrogen-bond acceptors (Lipinski definition) is 8. The van der Waals surface area contributed by atoms with Crippen molar-refractivity contribution in [3.05, 3.63) is 65.7 Å². The highest BCUT2D eigenvalue weighted by Gasteiger charge is 2.51. The zero-order valence-electron chi connectivity index (χ0n) is 15.6. The molecule has 8 nitrogen and oxygen atoms in total. The van der Waals surface area contributed by atoms with Gasteiger partial charge in [-0.05, 0) is 19.1 Å². The van der Waals surface area contributed by atoms with Crippen molar-refractivity contribution in [1.29, 1.82) is 0 Å². The van der Waals surface area contributed by atoms with Crippen LogP contribution in [0.4, 0.5) is 0 Å². The standard InChI is InChI=1S/C20H22O8S/c1-12-7-9-14(10-8-12)29(23,24)28-18-16(21)17-15(26-19(18)22)11-25-20(27-17)13-5-3-2-4-6-13/h2-10,15-22H,11H2,1H3/t15-,16+,17-,18-,19+,20?/m1/s1. The van der Waals surface area contributed by atoms with Crippen LogP contribution in [0.25, 0.3) is 0 Å². The van der Waals surface area contributed by atoms with Gasteiger partial charge in [0.1, 0.15) is 18.3 Å². The Balaban J connectivity index is 1.52. The third kappa shape index (κ3) is 4.22. The smallest absolute Gasteiger partial charge is 0.297 e. The van der Waals surface area contributed by atoms with E-state index in [-0.39, 0.29) is 11.5 Å². The van der Waals surface area contributed by atoms with E-state index in [0.717, 1.165) is 11.1 Å². The fourth-order valence-corrected chi connectivity index (χ4v) is 4.45. The molecular formula is C20H22O8S. The summed E-state index contributed by atoms with van der Waals surface area (Å²) in [5.74, 6) is 0. The van der Waals surface area contributed by atoms with E-state index >= 15 is 0 Å². The van der Waals surface area contributed by atoms with Gasteiger partial charge in [-0.1, -0.05) is 48.0 Å². The monoisotopic (exact) mass is 422 g/mol. The zero-order chi connectivity index (χ0) is 20.6. The van der Waals surface area contributed by atoms with Crippen molar-refractivity contribution in [2.75, 3.05) is 6.61 Å². The number of aryl methyl sites for hydroxylation is 1. The second-order valence-electron chi connectivity index (χ2n) is 7.06. The number of fused-ring (bicyclic) bond motifs is 1. The first-order valence-electron chi connectivity index (χ1n) is 9.19. The molecule has 4 rings (SSSR count). The Kier molecular flexibility index (Phi) is 5.71. The van der Waals surface area contributed by atoms with Crippen molar-refractivity contribution in [2.45, 2.75) is 48.8 Å². The van der Waals surface area contributed by atoms with E-state index < -0.39 is 47.1 Å². The number of benzene rings is 2. The van der Waals surface area contributed by atoms with Gasteiger partial charge in [-0.15, -0.1) is 0 Å². The summed E-state index contributed by atoms with van der Waals surface area (Å²) in [5, 5.41) is 21.0. The molecule has 156 valence electrons. The SMILES string of the molecule is Cc1ccc(S(=O)(=O)O[C@@H]2[C@@H](O)[C@@H]3OC(c4ccccc4)OC[C@H]3O[C@@H]2O)cc1. The summed E-state index contributed by atoms with van der Waals surface area (Å²) in [6.45, 7) is 1.89. The number of ether oxygens (including phenoxy) is 3. The zero-order valence-corrected chi connectivity index (χ0v) is 16.4. The number of rotatable bonds is 4. The number of aliphatic hydroxyl groups is 2. The Morgan fingerprint density at radius 2 is 1.69 bits per heavy atom. The minimum Gasteiger partial charge on any atom is -0.387 e. The van der Waals surface area contributed by atoms with Gasteiger partial charge in [-0.25, -0.2) is 0 Å². The van der Waals surface area contributed by atoms with Gasteiger partial charge in [0.05, 0.1) is 11.5 Å². The lowest BCUT2D eigenvalue weighted by atomic mass is 9.98. The van der Waals surface area contributed by atoms with Gasteiger partial charge in [0.25, 0.3) is 10.1 Å². The average Bonchev–Trinajstić information content (AvgIpc) is 2.72. The topological polar surface area (TPSA) is 112 Å². The largest absolute Gasteiger partial charge is 0.387 e. The summed E-state index contributed by atoms with van der Waals surface area (Å²) in [7, 11) is -4.23. The first-order valence-corrected chi connectivity index (χ1v) is 10.6. The predicted octanol–water partition coefficient (Wildman–Crippen LogP) is 1.26. The molecule has 1 unspecified atom stereocenters. The Labute approximate surface area is 168 Å². The third-order valence-corrected chi connectivity index (χ3v) is 6.27. The van der Waals surface area contributed by atoms with Crippen LogP contribution >= 0.6 is 0 Å².